The predicted molar refractivity (Wildman–Crippen MR) is 217 cm³/mol. The molecule has 0 spiro atoms. The van der Waals surface area contributed by atoms with Crippen molar-refractivity contribution in [2.24, 2.45) is 0 Å². The van der Waals surface area contributed by atoms with Crippen LogP contribution in [-0.2, 0) is 41.0 Å². The van der Waals surface area contributed by atoms with Gasteiger partial charge in [0.15, 0.2) is 5.75 Å². The van der Waals surface area contributed by atoms with Gasteiger partial charge >= 0.3 is 46.5 Å². The second-order valence-electron chi connectivity index (χ2n) is 13.0. The van der Waals surface area contributed by atoms with E-state index in [9.17, 15) is 91.8 Å². The summed E-state index contributed by atoms with van der Waals surface area (Å²) in [5, 5.41) is 8.91. The highest BCUT2D eigenvalue weighted by molar-refractivity contribution is 9.10. The van der Waals surface area contributed by atoms with E-state index in [-0.39, 0.29) is 31.6 Å². The lowest BCUT2D eigenvalue weighted by molar-refractivity contribution is -0.141. The lowest BCUT2D eigenvalue weighted by Crippen LogP contribution is -2.29. The lowest BCUT2D eigenvalue weighted by Gasteiger charge is -2.16. The molecule has 6 nitrogen and oxygen atoms in total. The van der Waals surface area contributed by atoms with Crippen molar-refractivity contribution in [1.82, 2.24) is 0 Å². The second-order valence-corrected chi connectivity index (χ2v) is 16.2. The van der Waals surface area contributed by atoms with Gasteiger partial charge in [-0.1, -0.05) is 80.4 Å². The monoisotopic (exact) mass is 1170 g/mol. The van der Waals surface area contributed by atoms with Gasteiger partial charge in [0, 0.05) is 8.95 Å². The van der Waals surface area contributed by atoms with Gasteiger partial charge in [-0.2, -0.15) is 87.4 Å². The van der Waals surface area contributed by atoms with Gasteiger partial charge < -0.3 is 18.8 Å². The van der Waals surface area contributed by atoms with Crippen LogP contribution in [0.4, 0.5) is 83.4 Å². The van der Waals surface area contributed by atoms with Crippen molar-refractivity contribution >= 4 is 42.0 Å². The van der Waals surface area contributed by atoms with Gasteiger partial charge in [-0.05, 0) is 79.9 Å². The summed E-state index contributed by atoms with van der Waals surface area (Å²) in [4.78, 5) is 0. The first-order chi connectivity index (χ1) is 31.1. The summed E-state index contributed by atoms with van der Waals surface area (Å²) in [5.74, 6) is -3.71. The third-order valence-corrected chi connectivity index (χ3v) is 10.3. The Balaban J connectivity index is 0.000000437. The van der Waals surface area contributed by atoms with E-state index < -0.39 is 97.2 Å². The number of alkyl halides is 18. The average molecular weight is 1170 g/mol. The lowest BCUT2D eigenvalue weighted by atomic mass is 10.1. The topological polar surface area (TPSA) is 82.1 Å². The first kappa shape index (κ1) is 61.9. The van der Waals surface area contributed by atoms with Gasteiger partial charge in [0.2, 0.25) is 0 Å². The molecule has 0 saturated carbocycles. The van der Waals surface area contributed by atoms with Gasteiger partial charge in [-0.15, -0.1) is 0 Å². The van der Waals surface area contributed by atoms with Crippen LogP contribution in [0.1, 0.15) is 44.5 Å². The van der Waals surface area contributed by atoms with Gasteiger partial charge in [-0.3, -0.25) is 0 Å². The Labute approximate surface area is 396 Å². The first-order valence-electron chi connectivity index (χ1n) is 17.8. The summed E-state index contributed by atoms with van der Waals surface area (Å²) < 4.78 is 267. The maximum Gasteiger partial charge on any atom is 0.534 e. The predicted octanol–water partition coefficient (Wildman–Crippen LogP) is 16.1. The van der Waals surface area contributed by atoms with Crippen LogP contribution in [0.25, 0.3) is 0 Å². The number of rotatable bonds is 4. The molecule has 0 bridgehead atoms. The molecule has 0 aliphatic carbocycles. The highest BCUT2D eigenvalue weighted by Gasteiger charge is 2.50. The maximum atomic E-state index is 12.6. The van der Waals surface area contributed by atoms with Crippen molar-refractivity contribution in [3.63, 3.8) is 0 Å². The Hall–Kier alpha value is -5.12. The molecule has 0 atom stereocenters. The van der Waals surface area contributed by atoms with E-state index in [1.807, 2.05) is 0 Å². The fraction of sp³-hybridized carbons (Fsp3) is 0.268. The summed E-state index contributed by atoms with van der Waals surface area (Å²) in [6, 6.07) is 17.6. The van der Waals surface area contributed by atoms with E-state index in [2.05, 4.69) is 45.5 Å². The van der Waals surface area contributed by atoms with Gasteiger partial charge in [-0.25, -0.2) is 4.39 Å². The van der Waals surface area contributed by atoms with Crippen LogP contribution in [0.3, 0.4) is 0 Å². The summed E-state index contributed by atoms with van der Waals surface area (Å²) in [5.41, 5.74) is -11.3. The molecule has 1 N–H and O–H groups in total. The third kappa shape index (κ3) is 18.3. The highest BCUT2D eigenvalue weighted by atomic mass is 79.9. The number of phenols is 1. The second kappa shape index (κ2) is 24.1. The standard InChI is InChI=1S/C9H6F6O3S.C9H9F3O.C8H6BrF3O.C8H7F3O.C7H3BrF4/c1-5-3-2-4-6(7(5)8(10,11)12)18-19(16,17)9(13,14)15;1-6-4-3-5-7(13-2)8(6)9(10,11)12;1-13-6-4-2-3-5(9)7(6)8(10,11)12;1-5-3-2-4-6(12)7(5)8(9,10)11;8-4-2-1-3-5(9)6(4)7(10,11)12/h2-4H,1H3;3-5H,1-2H3;2-4H,1H3;2-4,12H,1H3;1-3H. The number of halogens is 21. The molecule has 0 aliphatic heterocycles. The molecular formula is C41H31Br2F19O6S. The number of aromatic hydroxyl groups is 1. The molecule has 0 saturated heterocycles. The number of methoxy groups -OCH3 is 2. The smallest absolute Gasteiger partial charge is 0.507 e. The fourth-order valence-electron chi connectivity index (χ4n) is 5.15. The van der Waals surface area contributed by atoms with Crippen LogP contribution in [0.15, 0.2) is 99.9 Å². The minimum atomic E-state index is -6.15. The summed E-state index contributed by atoms with van der Waals surface area (Å²) in [6.07, 6.45) is -22.9. The molecule has 0 aliphatic rings. The molecule has 69 heavy (non-hydrogen) atoms. The molecular weight excluding hydrogens is 1140 g/mol. The number of aryl methyl sites for hydroxylation is 3. The molecule has 5 aromatic carbocycles. The number of hydrogen-bond acceptors (Lipinski definition) is 6. The van der Waals surface area contributed by atoms with Gasteiger partial charge in [0.25, 0.3) is 0 Å². The molecule has 0 amide bonds. The maximum absolute atomic E-state index is 12.6. The summed E-state index contributed by atoms with van der Waals surface area (Å²) in [7, 11) is -3.72. The SMILES string of the molecule is COc1cccc(Br)c1C(F)(F)F.COc1cccc(C)c1C(F)(F)F.Cc1cccc(O)c1C(F)(F)F.Cc1cccc(OS(=O)(=O)C(F)(F)F)c1C(F)(F)F.Fc1cccc(Br)c1C(F)(F)F. The van der Waals surface area contributed by atoms with E-state index >= 15 is 0 Å². The van der Waals surface area contributed by atoms with Crippen LogP contribution < -0.4 is 13.7 Å². The molecule has 28 heteroatoms. The van der Waals surface area contributed by atoms with Crippen molar-refractivity contribution in [1.29, 1.82) is 0 Å². The van der Waals surface area contributed by atoms with Gasteiger partial charge in [0.05, 0.1) is 14.2 Å². The molecule has 5 rings (SSSR count). The zero-order chi connectivity index (χ0) is 53.9. The van der Waals surface area contributed by atoms with Crippen LogP contribution >= 0.6 is 31.9 Å². The largest absolute Gasteiger partial charge is 0.534 e. The third-order valence-electron chi connectivity index (χ3n) is 8.00. The molecule has 0 aromatic heterocycles. The molecule has 0 radical (unpaired) electrons. The Kier molecular flexibility index (Phi) is 21.7. The van der Waals surface area contributed by atoms with E-state index in [1.165, 1.54) is 82.7 Å². The number of ether oxygens (including phenoxy) is 2. The quantitative estimate of drug-likeness (QED) is 0.110. The molecule has 5 aromatic rings. The number of hydrogen-bond donors (Lipinski definition) is 1. The first-order valence-corrected chi connectivity index (χ1v) is 20.8. The van der Waals surface area contributed by atoms with Crippen molar-refractivity contribution in [3.8, 4) is 23.0 Å². The minimum Gasteiger partial charge on any atom is -0.507 e. The fourth-order valence-corrected chi connectivity index (χ4v) is 6.76. The van der Waals surface area contributed by atoms with E-state index in [0.717, 1.165) is 37.3 Å². The highest BCUT2D eigenvalue weighted by Crippen LogP contribution is 2.43. The molecule has 0 heterocycles. The van der Waals surface area contributed by atoms with E-state index in [0.29, 0.717) is 6.07 Å². The minimum absolute atomic E-state index is 0.0145. The average Bonchev–Trinajstić information content (AvgIpc) is 3.15. The van der Waals surface area contributed by atoms with Crippen LogP contribution in [0.5, 0.6) is 23.0 Å². The normalized spacial score (nSPS) is 12.1. The van der Waals surface area contributed by atoms with Crippen LogP contribution in [-0.4, -0.2) is 33.3 Å². The van der Waals surface area contributed by atoms with Crippen molar-refractivity contribution < 1.29 is 111 Å². The van der Waals surface area contributed by atoms with Crippen molar-refractivity contribution in [2.75, 3.05) is 14.2 Å². The molecule has 384 valence electrons. The molecule has 0 unspecified atom stereocenters. The van der Waals surface area contributed by atoms with Crippen LogP contribution in [0, 0.1) is 26.6 Å². The summed E-state index contributed by atoms with van der Waals surface area (Å²) >= 11 is 5.45. The van der Waals surface area contributed by atoms with Crippen LogP contribution in [0.2, 0.25) is 0 Å². The number of benzene rings is 5. The van der Waals surface area contributed by atoms with E-state index in [4.69, 9.17) is 5.11 Å². The number of phenolic OH excluding ortho intramolecular Hbond substituents is 1. The zero-order valence-corrected chi connectivity index (χ0v) is 39.0. The Morgan fingerprint density at radius 2 is 0.739 bits per heavy atom. The Morgan fingerprint density at radius 3 is 1.03 bits per heavy atom. The van der Waals surface area contributed by atoms with E-state index in [1.54, 1.807) is 0 Å². The Bertz CT molecular complexity index is 2420. The zero-order valence-electron chi connectivity index (χ0n) is 35.0. The summed E-state index contributed by atoms with van der Waals surface area (Å²) in [6.45, 7) is 3.68. The van der Waals surface area contributed by atoms with Crippen molar-refractivity contribution in [3.05, 3.63) is 150 Å². The Morgan fingerprint density at radius 1 is 0.435 bits per heavy atom. The van der Waals surface area contributed by atoms with Crippen molar-refractivity contribution in [2.45, 2.75) is 57.2 Å². The molecule has 0 fully saturated rings. The van der Waals surface area contributed by atoms with Gasteiger partial charge in [0.1, 0.15) is 50.9 Å².